The van der Waals surface area contributed by atoms with Gasteiger partial charge in [-0.1, -0.05) is 6.07 Å². The molecule has 1 amide bonds. The van der Waals surface area contributed by atoms with Gasteiger partial charge in [-0.25, -0.2) is 9.97 Å². The lowest BCUT2D eigenvalue weighted by Crippen LogP contribution is -2.21. The monoisotopic (exact) mass is 449 g/mol. The van der Waals surface area contributed by atoms with E-state index in [4.69, 9.17) is 10.7 Å². The van der Waals surface area contributed by atoms with E-state index in [1.54, 1.807) is 44.8 Å². The van der Waals surface area contributed by atoms with Crippen molar-refractivity contribution in [2.45, 2.75) is 0 Å². The van der Waals surface area contributed by atoms with Crippen molar-refractivity contribution >= 4 is 22.8 Å². The molecule has 0 spiro atoms. The topological polar surface area (TPSA) is 103 Å². The van der Waals surface area contributed by atoms with Gasteiger partial charge in [0, 0.05) is 91.5 Å². The second-order valence-electron chi connectivity index (χ2n) is 8.28. The molecule has 0 radical (unpaired) electrons. The van der Waals surface area contributed by atoms with E-state index in [1.165, 1.54) is 4.90 Å². The maximum Gasteiger partial charge on any atom is 0.254 e. The van der Waals surface area contributed by atoms with E-state index >= 15 is 0 Å². The van der Waals surface area contributed by atoms with Gasteiger partial charge in [0.1, 0.15) is 11.5 Å². The highest BCUT2D eigenvalue weighted by Crippen LogP contribution is 2.33. The minimum Gasteiger partial charge on any atom is -0.383 e. The minimum absolute atomic E-state index is 0.106. The predicted octanol–water partition coefficient (Wildman–Crippen LogP) is 4.04. The Bertz CT molecular complexity index is 1510. The molecule has 0 bridgehead atoms. The molecule has 0 saturated heterocycles. The number of carbonyl (C=O) groups excluding carboxylic acids is 1. The number of amides is 1. The Morgan fingerprint density at radius 3 is 2.41 bits per heavy atom. The molecule has 0 fully saturated rings. The fourth-order valence-corrected chi connectivity index (χ4v) is 3.95. The zero-order chi connectivity index (χ0) is 23.8. The quantitative estimate of drug-likeness (QED) is 0.444. The van der Waals surface area contributed by atoms with Crippen LogP contribution in [0, 0.1) is 0 Å². The molecule has 0 aliphatic rings. The fraction of sp³-hybridized carbons (Fsp3) is 0.115. The van der Waals surface area contributed by atoms with E-state index < -0.39 is 0 Å². The molecule has 5 aromatic heterocycles. The van der Waals surface area contributed by atoms with E-state index in [1.807, 2.05) is 42.2 Å². The third-order valence-corrected chi connectivity index (χ3v) is 5.73. The molecule has 168 valence electrons. The molecule has 5 rings (SSSR count). The van der Waals surface area contributed by atoms with Crippen LogP contribution < -0.4 is 5.73 Å². The van der Waals surface area contributed by atoms with E-state index in [9.17, 15) is 4.79 Å². The first kappa shape index (κ1) is 21.3. The molecule has 34 heavy (non-hydrogen) atoms. The summed E-state index contributed by atoms with van der Waals surface area (Å²) in [5.41, 5.74) is 12.8. The number of hydrogen-bond acceptors (Lipinski definition) is 6. The van der Waals surface area contributed by atoms with Gasteiger partial charge in [0.25, 0.3) is 5.91 Å². The molecule has 2 N–H and O–H groups in total. The average Bonchev–Trinajstić information content (AvgIpc) is 3.20. The van der Waals surface area contributed by atoms with Gasteiger partial charge in [-0.3, -0.25) is 14.8 Å². The number of hydrogen-bond donors (Lipinski definition) is 1. The largest absolute Gasteiger partial charge is 0.383 e. The van der Waals surface area contributed by atoms with E-state index in [0.29, 0.717) is 22.6 Å². The van der Waals surface area contributed by atoms with Gasteiger partial charge in [-0.2, -0.15) is 0 Å². The Kier molecular flexibility index (Phi) is 5.25. The number of carbonyl (C=O) groups is 1. The Morgan fingerprint density at radius 2 is 1.71 bits per heavy atom. The van der Waals surface area contributed by atoms with E-state index in [0.717, 1.165) is 33.3 Å². The van der Waals surface area contributed by atoms with Gasteiger partial charge < -0.3 is 15.2 Å². The number of nitrogens with two attached hydrogens (primary N) is 1. The molecule has 8 heteroatoms. The first-order valence-electron chi connectivity index (χ1n) is 10.7. The highest BCUT2D eigenvalue weighted by molar-refractivity contribution is 5.96. The summed E-state index contributed by atoms with van der Waals surface area (Å²) < 4.78 is 2.01. The van der Waals surface area contributed by atoms with Crippen LogP contribution in [0.2, 0.25) is 0 Å². The summed E-state index contributed by atoms with van der Waals surface area (Å²) in [6, 6.07) is 11.5. The van der Waals surface area contributed by atoms with Crippen molar-refractivity contribution in [2.75, 3.05) is 19.8 Å². The molecule has 0 aliphatic carbocycles. The molecular formula is C26H23N7O. The summed E-state index contributed by atoms with van der Waals surface area (Å²) >= 11 is 0. The van der Waals surface area contributed by atoms with Gasteiger partial charge in [-0.05, 0) is 30.3 Å². The van der Waals surface area contributed by atoms with Crippen LogP contribution in [0.15, 0.2) is 73.6 Å². The number of pyridine rings is 4. The summed E-state index contributed by atoms with van der Waals surface area (Å²) in [7, 11) is 5.39. The standard InChI is InChI=1S/C26H23N7O/c1-32(2)26(34)17-6-7-23(29-12-17)21-10-19(13-30-24(21)27)18-9-20-22(16-5-4-8-28-11-16)15-33(3)25(20)31-14-18/h4-15H,1-3H3,(H2,27,30). The van der Waals surface area contributed by atoms with Crippen molar-refractivity contribution in [1.29, 1.82) is 0 Å². The van der Waals surface area contributed by atoms with Crippen molar-refractivity contribution in [1.82, 2.24) is 29.4 Å². The number of nitrogen functional groups attached to an aromatic ring is 1. The maximum absolute atomic E-state index is 12.2. The number of rotatable bonds is 4. The Balaban J connectivity index is 1.57. The Morgan fingerprint density at radius 1 is 0.912 bits per heavy atom. The van der Waals surface area contributed by atoms with Gasteiger partial charge in [0.2, 0.25) is 0 Å². The lowest BCUT2D eigenvalue weighted by Gasteiger charge is -2.11. The SMILES string of the molecule is CN(C)C(=O)c1ccc(-c2cc(-c3cnc4c(c3)c(-c3cccnc3)cn4C)cnc2N)nc1. The van der Waals surface area contributed by atoms with Crippen molar-refractivity contribution in [3.63, 3.8) is 0 Å². The summed E-state index contributed by atoms with van der Waals surface area (Å²) in [6.45, 7) is 0. The van der Waals surface area contributed by atoms with Crippen LogP contribution >= 0.6 is 0 Å². The first-order valence-corrected chi connectivity index (χ1v) is 10.7. The van der Waals surface area contributed by atoms with Gasteiger partial charge in [-0.15, -0.1) is 0 Å². The fourth-order valence-electron chi connectivity index (χ4n) is 3.95. The zero-order valence-corrected chi connectivity index (χ0v) is 19.1. The number of nitrogens with zero attached hydrogens (tertiary/aromatic N) is 6. The van der Waals surface area contributed by atoms with Gasteiger partial charge in [0.05, 0.1) is 11.3 Å². The Labute approximate surface area is 196 Å². The van der Waals surface area contributed by atoms with Crippen molar-refractivity contribution in [3.05, 3.63) is 79.1 Å². The third-order valence-electron chi connectivity index (χ3n) is 5.73. The highest BCUT2D eigenvalue weighted by Gasteiger charge is 2.14. The molecule has 5 heterocycles. The zero-order valence-electron chi connectivity index (χ0n) is 19.1. The van der Waals surface area contributed by atoms with Crippen molar-refractivity contribution in [2.24, 2.45) is 7.05 Å². The predicted molar refractivity (Wildman–Crippen MR) is 133 cm³/mol. The number of aromatic nitrogens is 5. The van der Waals surface area contributed by atoms with Crippen molar-refractivity contribution in [3.8, 4) is 33.5 Å². The number of aryl methyl sites for hydroxylation is 1. The molecular weight excluding hydrogens is 426 g/mol. The summed E-state index contributed by atoms with van der Waals surface area (Å²) in [5.74, 6) is 0.262. The maximum atomic E-state index is 12.2. The second-order valence-corrected chi connectivity index (χ2v) is 8.28. The third kappa shape index (κ3) is 3.75. The molecule has 8 nitrogen and oxygen atoms in total. The summed E-state index contributed by atoms with van der Waals surface area (Å²) in [4.78, 5) is 31.5. The van der Waals surface area contributed by atoms with Crippen LogP contribution in [0.25, 0.3) is 44.5 Å². The van der Waals surface area contributed by atoms with E-state index in [-0.39, 0.29) is 5.91 Å². The molecule has 0 unspecified atom stereocenters. The molecule has 0 aliphatic heterocycles. The van der Waals surface area contributed by atoms with E-state index in [2.05, 4.69) is 27.2 Å². The highest BCUT2D eigenvalue weighted by atomic mass is 16.2. The minimum atomic E-state index is -0.106. The molecule has 0 atom stereocenters. The second kappa shape index (κ2) is 8.40. The first-order chi connectivity index (χ1) is 16.4. The van der Waals surface area contributed by atoms with Crippen LogP contribution in [0.5, 0.6) is 0 Å². The average molecular weight is 450 g/mol. The van der Waals surface area contributed by atoms with Crippen LogP contribution in [-0.4, -0.2) is 49.4 Å². The molecule has 5 aromatic rings. The Hall–Kier alpha value is -4.59. The number of anilines is 1. The van der Waals surface area contributed by atoms with Crippen molar-refractivity contribution < 1.29 is 4.79 Å². The van der Waals surface area contributed by atoms with Crippen LogP contribution in [0.3, 0.4) is 0 Å². The summed E-state index contributed by atoms with van der Waals surface area (Å²) in [6.07, 6.45) is 10.8. The molecule has 0 saturated carbocycles. The lowest BCUT2D eigenvalue weighted by atomic mass is 10.0. The van der Waals surface area contributed by atoms with Gasteiger partial charge in [0.15, 0.2) is 0 Å². The smallest absolute Gasteiger partial charge is 0.254 e. The van der Waals surface area contributed by atoms with Crippen LogP contribution in [0.4, 0.5) is 5.82 Å². The summed E-state index contributed by atoms with van der Waals surface area (Å²) in [5, 5.41) is 1.02. The number of fused-ring (bicyclic) bond motifs is 1. The van der Waals surface area contributed by atoms with Crippen LogP contribution in [-0.2, 0) is 7.05 Å². The van der Waals surface area contributed by atoms with Gasteiger partial charge >= 0.3 is 0 Å². The lowest BCUT2D eigenvalue weighted by molar-refractivity contribution is 0.0827. The molecule has 0 aromatic carbocycles. The normalized spacial score (nSPS) is 11.0. The van der Waals surface area contributed by atoms with Crippen LogP contribution in [0.1, 0.15) is 10.4 Å².